The molecule has 224 valence electrons. The molecular formula is C34H42FNO4SSi. The van der Waals surface area contributed by atoms with Gasteiger partial charge in [-0.1, -0.05) is 57.2 Å². The van der Waals surface area contributed by atoms with Crippen LogP contribution in [0.3, 0.4) is 0 Å². The second-order valence-corrected chi connectivity index (χ2v) is 17.3. The zero-order valence-electron chi connectivity index (χ0n) is 25.5. The van der Waals surface area contributed by atoms with Crippen molar-refractivity contribution >= 4 is 36.6 Å². The summed E-state index contributed by atoms with van der Waals surface area (Å²) in [6.07, 6.45) is 1.12. The van der Waals surface area contributed by atoms with E-state index >= 15 is 4.39 Å². The Morgan fingerprint density at radius 3 is 2.45 bits per heavy atom. The van der Waals surface area contributed by atoms with E-state index in [9.17, 15) is 0 Å². The molecule has 8 heteroatoms. The summed E-state index contributed by atoms with van der Waals surface area (Å²) in [6, 6.07) is 19.1. The van der Waals surface area contributed by atoms with Crippen LogP contribution in [0.5, 0.6) is 5.75 Å². The standard InChI is InChI=1S/C34H42FNO4SSi/c1-7-37-31(41)20-24-11-8-9-14-30(24)38-22-23-17-26-19-27(15-16-39-42(5,6)34(2,3)4)40-33(26)29(18-23)28-13-10-12-25(21-36)32(28)35/h8-14,17-19H,7,15-16,20-22,36H2,1-6H3. The lowest BCUT2D eigenvalue weighted by molar-refractivity contribution is 0.283. The minimum absolute atomic E-state index is 0.111. The summed E-state index contributed by atoms with van der Waals surface area (Å²) in [7, 11) is -1.89. The van der Waals surface area contributed by atoms with E-state index in [1.165, 1.54) is 0 Å². The molecule has 4 rings (SSSR count). The molecule has 0 saturated carbocycles. The van der Waals surface area contributed by atoms with Gasteiger partial charge in [0.25, 0.3) is 0 Å². The molecule has 0 atom stereocenters. The van der Waals surface area contributed by atoms with Gasteiger partial charge in [-0.3, -0.25) is 0 Å². The molecule has 0 fully saturated rings. The maximum Gasteiger partial charge on any atom is 0.191 e. The van der Waals surface area contributed by atoms with E-state index in [0.29, 0.717) is 53.4 Å². The first kappa shape index (κ1) is 31.9. The quantitative estimate of drug-likeness (QED) is 0.128. The van der Waals surface area contributed by atoms with E-state index in [4.69, 9.17) is 36.3 Å². The molecule has 0 saturated heterocycles. The lowest BCUT2D eigenvalue weighted by Gasteiger charge is -2.36. The third-order valence-corrected chi connectivity index (χ3v) is 12.7. The summed E-state index contributed by atoms with van der Waals surface area (Å²) in [4.78, 5) is 0. The van der Waals surface area contributed by atoms with Gasteiger partial charge in [0.1, 0.15) is 29.5 Å². The molecule has 0 bridgehead atoms. The van der Waals surface area contributed by atoms with Crippen molar-refractivity contribution < 1.29 is 22.7 Å². The molecule has 0 amide bonds. The molecule has 1 aromatic heterocycles. The Hall–Kier alpha value is -3.04. The van der Waals surface area contributed by atoms with E-state index in [-0.39, 0.29) is 24.0 Å². The highest BCUT2D eigenvalue weighted by Gasteiger charge is 2.37. The Kier molecular flexibility index (Phi) is 10.3. The molecule has 4 aromatic rings. The van der Waals surface area contributed by atoms with Gasteiger partial charge in [0.2, 0.25) is 0 Å². The largest absolute Gasteiger partial charge is 0.489 e. The number of nitrogens with two attached hydrogens (primary N) is 1. The van der Waals surface area contributed by atoms with Crippen LogP contribution >= 0.6 is 12.2 Å². The van der Waals surface area contributed by atoms with E-state index in [1.54, 1.807) is 12.1 Å². The van der Waals surface area contributed by atoms with Crippen molar-refractivity contribution in [3.63, 3.8) is 0 Å². The van der Waals surface area contributed by atoms with E-state index in [0.717, 1.165) is 28.0 Å². The molecule has 0 aliphatic carbocycles. The van der Waals surface area contributed by atoms with Crippen LogP contribution in [0.1, 0.15) is 50.1 Å². The fourth-order valence-electron chi connectivity index (χ4n) is 4.56. The van der Waals surface area contributed by atoms with Crippen LogP contribution < -0.4 is 10.5 Å². The molecule has 0 aliphatic rings. The number of benzene rings is 3. The maximum absolute atomic E-state index is 15.6. The average Bonchev–Trinajstić information content (AvgIpc) is 3.34. The fraction of sp³-hybridized carbons (Fsp3) is 0.382. The van der Waals surface area contributed by atoms with Gasteiger partial charge in [-0.15, -0.1) is 0 Å². The lowest BCUT2D eigenvalue weighted by atomic mass is 9.98. The molecule has 2 N–H and O–H groups in total. The SMILES string of the molecule is CCOC(=S)Cc1ccccc1OCc1cc(-c2cccc(CN)c2F)c2oc(CCO[Si](C)(C)C(C)(C)C)cc2c1. The number of furan rings is 1. The zero-order valence-corrected chi connectivity index (χ0v) is 27.3. The molecular weight excluding hydrogens is 566 g/mol. The predicted octanol–water partition coefficient (Wildman–Crippen LogP) is 8.75. The van der Waals surface area contributed by atoms with Crippen LogP contribution in [0, 0.1) is 5.82 Å². The van der Waals surface area contributed by atoms with Crippen molar-refractivity contribution in [2.75, 3.05) is 13.2 Å². The van der Waals surface area contributed by atoms with Crippen molar-refractivity contribution in [1.29, 1.82) is 0 Å². The Morgan fingerprint density at radius 2 is 1.74 bits per heavy atom. The van der Waals surface area contributed by atoms with Crippen molar-refractivity contribution in [3.05, 3.63) is 88.9 Å². The summed E-state index contributed by atoms with van der Waals surface area (Å²) in [5.74, 6) is 1.19. The third kappa shape index (κ3) is 7.47. The van der Waals surface area contributed by atoms with E-state index < -0.39 is 8.32 Å². The molecule has 42 heavy (non-hydrogen) atoms. The third-order valence-electron chi connectivity index (χ3n) is 7.94. The first-order chi connectivity index (χ1) is 19.9. The highest BCUT2D eigenvalue weighted by atomic mass is 32.1. The Balaban J connectivity index is 1.66. The first-order valence-electron chi connectivity index (χ1n) is 14.5. The molecule has 1 heterocycles. The lowest BCUT2D eigenvalue weighted by Crippen LogP contribution is -2.41. The van der Waals surface area contributed by atoms with Gasteiger partial charge in [0, 0.05) is 53.6 Å². The zero-order chi connectivity index (χ0) is 30.5. The normalized spacial score (nSPS) is 12.1. The van der Waals surface area contributed by atoms with Crippen LogP contribution in [0.25, 0.3) is 22.1 Å². The van der Waals surface area contributed by atoms with Crippen molar-refractivity contribution in [2.24, 2.45) is 5.73 Å². The Morgan fingerprint density at radius 1 is 1.00 bits per heavy atom. The van der Waals surface area contributed by atoms with Gasteiger partial charge in [-0.2, -0.15) is 0 Å². The minimum atomic E-state index is -1.89. The number of thiocarbonyl (C=S) groups is 1. The summed E-state index contributed by atoms with van der Waals surface area (Å²) in [5, 5.41) is 1.54. The van der Waals surface area contributed by atoms with Crippen molar-refractivity contribution in [1.82, 2.24) is 0 Å². The molecule has 0 unspecified atom stereocenters. The highest BCUT2D eigenvalue weighted by molar-refractivity contribution is 7.80. The smallest absolute Gasteiger partial charge is 0.191 e. The van der Waals surface area contributed by atoms with Crippen molar-refractivity contribution in [2.45, 2.75) is 71.8 Å². The maximum atomic E-state index is 15.6. The van der Waals surface area contributed by atoms with Gasteiger partial charge < -0.3 is 24.1 Å². The fourth-order valence-corrected chi connectivity index (χ4v) is 5.88. The topological polar surface area (TPSA) is 66.9 Å². The molecule has 3 aromatic carbocycles. The molecule has 5 nitrogen and oxygen atoms in total. The summed E-state index contributed by atoms with van der Waals surface area (Å²) in [5.41, 5.74) is 9.88. The number of hydrogen-bond donors (Lipinski definition) is 1. The molecule has 0 aliphatic heterocycles. The molecule has 0 spiro atoms. The highest BCUT2D eigenvalue weighted by Crippen LogP contribution is 2.38. The van der Waals surface area contributed by atoms with Gasteiger partial charge in [-0.05, 0) is 67.1 Å². The molecule has 0 radical (unpaired) electrons. The van der Waals surface area contributed by atoms with Crippen LogP contribution in [0.2, 0.25) is 18.1 Å². The Labute approximate surface area is 255 Å². The number of hydrogen-bond acceptors (Lipinski definition) is 6. The summed E-state index contributed by atoms with van der Waals surface area (Å²) < 4.78 is 40.1. The summed E-state index contributed by atoms with van der Waals surface area (Å²) in [6.45, 7) is 14.6. The van der Waals surface area contributed by atoms with Crippen LogP contribution in [-0.4, -0.2) is 26.6 Å². The van der Waals surface area contributed by atoms with E-state index in [2.05, 4.69) is 33.9 Å². The van der Waals surface area contributed by atoms with E-state index in [1.807, 2.05) is 55.5 Å². The van der Waals surface area contributed by atoms with Crippen LogP contribution in [0.4, 0.5) is 4.39 Å². The number of ether oxygens (including phenoxy) is 2. The van der Waals surface area contributed by atoms with Crippen LogP contribution in [0.15, 0.2) is 65.1 Å². The number of para-hydroxylation sites is 1. The Bertz CT molecular complexity index is 1540. The minimum Gasteiger partial charge on any atom is -0.489 e. The average molecular weight is 608 g/mol. The van der Waals surface area contributed by atoms with Gasteiger partial charge in [-0.25, -0.2) is 4.39 Å². The number of fused-ring (bicyclic) bond motifs is 1. The number of halogens is 1. The predicted molar refractivity (Wildman–Crippen MR) is 175 cm³/mol. The number of rotatable bonds is 12. The summed E-state index contributed by atoms with van der Waals surface area (Å²) >= 11 is 5.36. The second kappa shape index (κ2) is 13.5. The second-order valence-electron chi connectivity index (χ2n) is 12.0. The monoisotopic (exact) mass is 607 g/mol. The van der Waals surface area contributed by atoms with Crippen LogP contribution in [-0.2, 0) is 35.2 Å². The van der Waals surface area contributed by atoms with Gasteiger partial charge in [0.05, 0.1) is 6.61 Å². The first-order valence-corrected chi connectivity index (χ1v) is 17.8. The van der Waals surface area contributed by atoms with Gasteiger partial charge >= 0.3 is 0 Å². The van der Waals surface area contributed by atoms with Gasteiger partial charge in [0.15, 0.2) is 13.4 Å². The van der Waals surface area contributed by atoms with Crippen molar-refractivity contribution in [3.8, 4) is 16.9 Å².